The quantitative estimate of drug-likeness (QED) is 0.458. The maximum atomic E-state index is 10.00. The van der Waals surface area contributed by atoms with Crippen molar-refractivity contribution >= 4 is 6.29 Å². The highest BCUT2D eigenvalue weighted by molar-refractivity contribution is 5.64. The van der Waals surface area contributed by atoms with E-state index >= 15 is 0 Å². The zero-order chi connectivity index (χ0) is 8.91. The molecule has 0 fully saturated rings. The monoisotopic (exact) mass is 156 g/mol. The summed E-state index contributed by atoms with van der Waals surface area (Å²) in [5.74, 6) is 0.248. The number of rotatable bonds is 4. The highest BCUT2D eigenvalue weighted by atomic mass is 16.5. The lowest BCUT2D eigenvalue weighted by atomic mass is 9.92. The number of methoxy groups -OCH3 is 1. The minimum absolute atomic E-state index is 0.195. The highest BCUT2D eigenvalue weighted by Gasteiger charge is 2.22. The number of hydrogen-bond acceptors (Lipinski definition) is 2. The Kier molecular flexibility index (Phi) is 4.04. The molecule has 0 aromatic rings. The normalized spacial score (nSPS) is 15.3. The molecule has 0 saturated heterocycles. The van der Waals surface area contributed by atoms with Crippen LogP contribution in [-0.2, 0) is 9.53 Å². The minimum atomic E-state index is -0.195. The summed E-state index contributed by atoms with van der Waals surface area (Å²) >= 11 is 0. The fourth-order valence-corrected chi connectivity index (χ4v) is 0.630. The second kappa shape index (κ2) is 4.29. The summed E-state index contributed by atoms with van der Waals surface area (Å²) in [6.45, 7) is 6.00. The SMILES string of the molecule is COC(C)(C)C(C)C=CC=O. The smallest absolute Gasteiger partial charge is 0.142 e. The van der Waals surface area contributed by atoms with Gasteiger partial charge in [0.1, 0.15) is 6.29 Å². The van der Waals surface area contributed by atoms with Crippen molar-refractivity contribution in [2.45, 2.75) is 26.4 Å². The van der Waals surface area contributed by atoms with Gasteiger partial charge in [0.15, 0.2) is 0 Å². The number of carbonyl (C=O) groups excluding carboxylic acids is 1. The van der Waals surface area contributed by atoms with Gasteiger partial charge in [0.25, 0.3) is 0 Å². The third-order valence-electron chi connectivity index (χ3n) is 2.10. The van der Waals surface area contributed by atoms with Crippen molar-refractivity contribution in [1.29, 1.82) is 0 Å². The Hall–Kier alpha value is -0.630. The van der Waals surface area contributed by atoms with Crippen molar-refractivity contribution in [3.05, 3.63) is 12.2 Å². The first-order chi connectivity index (χ1) is 5.04. The second-order valence-electron chi connectivity index (χ2n) is 3.12. The topological polar surface area (TPSA) is 26.3 Å². The van der Waals surface area contributed by atoms with Gasteiger partial charge in [-0.3, -0.25) is 4.79 Å². The van der Waals surface area contributed by atoms with Gasteiger partial charge in [0.2, 0.25) is 0 Å². The number of ether oxygens (including phenoxy) is 1. The van der Waals surface area contributed by atoms with E-state index in [4.69, 9.17) is 4.74 Å². The summed E-state index contributed by atoms with van der Waals surface area (Å²) in [5, 5.41) is 0. The molecule has 0 aromatic heterocycles. The molecule has 0 saturated carbocycles. The zero-order valence-corrected chi connectivity index (χ0v) is 7.63. The maximum absolute atomic E-state index is 10.00. The molecule has 2 nitrogen and oxygen atoms in total. The summed E-state index contributed by atoms with van der Waals surface area (Å²) in [4.78, 5) is 10.00. The van der Waals surface area contributed by atoms with Crippen LogP contribution in [0.5, 0.6) is 0 Å². The molecule has 0 aliphatic rings. The van der Waals surface area contributed by atoms with Crippen LogP contribution in [0.1, 0.15) is 20.8 Å². The average molecular weight is 156 g/mol. The van der Waals surface area contributed by atoms with E-state index in [0.717, 1.165) is 6.29 Å². The Bertz CT molecular complexity index is 148. The first-order valence-corrected chi connectivity index (χ1v) is 3.71. The first kappa shape index (κ1) is 10.4. The molecule has 1 atom stereocenters. The summed E-state index contributed by atoms with van der Waals surface area (Å²) in [6, 6.07) is 0. The fourth-order valence-electron chi connectivity index (χ4n) is 0.630. The van der Waals surface area contributed by atoms with Crippen molar-refractivity contribution in [3.63, 3.8) is 0 Å². The van der Waals surface area contributed by atoms with Gasteiger partial charge in [-0.2, -0.15) is 0 Å². The maximum Gasteiger partial charge on any atom is 0.142 e. The lowest BCUT2D eigenvalue weighted by Gasteiger charge is -2.27. The number of allylic oxidation sites excluding steroid dienone is 1. The van der Waals surface area contributed by atoms with Crippen molar-refractivity contribution in [2.24, 2.45) is 5.92 Å². The van der Waals surface area contributed by atoms with Gasteiger partial charge >= 0.3 is 0 Å². The van der Waals surface area contributed by atoms with Crippen LogP contribution in [0.2, 0.25) is 0 Å². The molecular weight excluding hydrogens is 140 g/mol. The molecule has 0 heterocycles. The van der Waals surface area contributed by atoms with Crippen LogP contribution >= 0.6 is 0 Å². The van der Waals surface area contributed by atoms with Gasteiger partial charge in [0.05, 0.1) is 5.60 Å². The Balaban J connectivity index is 4.10. The molecular formula is C9H16O2. The van der Waals surface area contributed by atoms with E-state index in [1.165, 1.54) is 6.08 Å². The van der Waals surface area contributed by atoms with E-state index in [0.29, 0.717) is 0 Å². The second-order valence-corrected chi connectivity index (χ2v) is 3.12. The van der Waals surface area contributed by atoms with Crippen molar-refractivity contribution in [3.8, 4) is 0 Å². The van der Waals surface area contributed by atoms with Crippen molar-refractivity contribution in [2.75, 3.05) is 7.11 Å². The molecule has 2 heteroatoms. The van der Waals surface area contributed by atoms with E-state index in [-0.39, 0.29) is 11.5 Å². The van der Waals surface area contributed by atoms with Crippen LogP contribution in [0.3, 0.4) is 0 Å². The molecule has 0 aromatic carbocycles. The predicted octanol–water partition coefficient (Wildman–Crippen LogP) is 1.80. The van der Waals surface area contributed by atoms with Gasteiger partial charge in [-0.15, -0.1) is 0 Å². The van der Waals surface area contributed by atoms with Gasteiger partial charge in [-0.25, -0.2) is 0 Å². The number of hydrogen-bond donors (Lipinski definition) is 0. The summed E-state index contributed by atoms with van der Waals surface area (Å²) in [5.41, 5.74) is -0.195. The molecule has 0 aliphatic carbocycles. The Morgan fingerprint density at radius 3 is 2.36 bits per heavy atom. The van der Waals surface area contributed by atoms with Gasteiger partial charge in [-0.05, 0) is 19.9 Å². The van der Waals surface area contributed by atoms with E-state index in [2.05, 4.69) is 0 Å². The Morgan fingerprint density at radius 2 is 2.00 bits per heavy atom. The van der Waals surface area contributed by atoms with Crippen LogP contribution < -0.4 is 0 Å². The number of carbonyl (C=O) groups is 1. The van der Waals surface area contributed by atoms with E-state index in [9.17, 15) is 4.79 Å². The standard InChI is InChI=1S/C9H16O2/c1-8(6-5-7-10)9(2,3)11-4/h5-8H,1-4H3. The molecule has 0 spiro atoms. The minimum Gasteiger partial charge on any atom is -0.378 e. The lowest BCUT2D eigenvalue weighted by Crippen LogP contribution is -2.29. The highest BCUT2D eigenvalue weighted by Crippen LogP contribution is 2.20. The molecule has 0 rings (SSSR count). The van der Waals surface area contributed by atoms with Gasteiger partial charge in [0, 0.05) is 13.0 Å². The fraction of sp³-hybridized carbons (Fsp3) is 0.667. The van der Waals surface area contributed by atoms with Crippen molar-refractivity contribution in [1.82, 2.24) is 0 Å². The van der Waals surface area contributed by atoms with Crippen LogP contribution in [0.25, 0.3) is 0 Å². The van der Waals surface area contributed by atoms with Crippen LogP contribution in [0.15, 0.2) is 12.2 Å². The molecule has 11 heavy (non-hydrogen) atoms. The molecule has 0 radical (unpaired) electrons. The lowest BCUT2D eigenvalue weighted by molar-refractivity contribution is -0.104. The molecule has 0 bridgehead atoms. The molecule has 1 unspecified atom stereocenters. The average Bonchev–Trinajstić information content (AvgIpc) is 2.00. The van der Waals surface area contributed by atoms with Crippen LogP contribution in [-0.4, -0.2) is 19.0 Å². The molecule has 0 N–H and O–H groups in total. The largest absolute Gasteiger partial charge is 0.378 e. The Morgan fingerprint density at radius 1 is 1.45 bits per heavy atom. The Labute approximate surface area is 68.2 Å². The molecule has 0 amide bonds. The first-order valence-electron chi connectivity index (χ1n) is 3.71. The summed E-state index contributed by atoms with van der Waals surface area (Å²) in [7, 11) is 1.67. The number of aldehydes is 1. The van der Waals surface area contributed by atoms with Crippen LogP contribution in [0.4, 0.5) is 0 Å². The summed E-state index contributed by atoms with van der Waals surface area (Å²) in [6.07, 6.45) is 4.13. The van der Waals surface area contributed by atoms with E-state index < -0.39 is 0 Å². The van der Waals surface area contributed by atoms with E-state index in [1.54, 1.807) is 7.11 Å². The zero-order valence-electron chi connectivity index (χ0n) is 7.63. The van der Waals surface area contributed by atoms with Gasteiger partial charge in [-0.1, -0.05) is 13.0 Å². The molecule has 64 valence electrons. The molecule has 0 aliphatic heterocycles. The third-order valence-corrected chi connectivity index (χ3v) is 2.10. The third kappa shape index (κ3) is 3.33. The summed E-state index contributed by atoms with van der Waals surface area (Å²) < 4.78 is 5.23. The van der Waals surface area contributed by atoms with Crippen molar-refractivity contribution < 1.29 is 9.53 Å². The van der Waals surface area contributed by atoms with Gasteiger partial charge < -0.3 is 4.74 Å². The van der Waals surface area contributed by atoms with E-state index in [1.807, 2.05) is 26.8 Å². The predicted molar refractivity (Wildman–Crippen MR) is 45.5 cm³/mol. The van der Waals surface area contributed by atoms with Crippen LogP contribution in [0, 0.1) is 5.92 Å².